The molecule has 0 saturated heterocycles. The van der Waals surface area contributed by atoms with Crippen LogP contribution in [-0.2, 0) is 10.0 Å². The minimum Gasteiger partial charge on any atom is -0.373 e. The Morgan fingerprint density at radius 1 is 1.24 bits per heavy atom. The van der Waals surface area contributed by atoms with Gasteiger partial charge in [-0.25, -0.2) is 13.4 Å². The van der Waals surface area contributed by atoms with Crippen LogP contribution in [0.4, 0.5) is 11.5 Å². The number of nitrogens with zero attached hydrogens (tertiary/aromatic N) is 2. The molecule has 0 aliphatic heterocycles. The fourth-order valence-corrected chi connectivity index (χ4v) is 2.76. The van der Waals surface area contributed by atoms with E-state index in [1.807, 2.05) is 6.07 Å². The van der Waals surface area contributed by atoms with Gasteiger partial charge in [-0.05, 0) is 36.8 Å². The number of pyridine rings is 1. The van der Waals surface area contributed by atoms with Gasteiger partial charge in [-0.2, -0.15) is 5.26 Å². The van der Waals surface area contributed by atoms with Crippen LogP contribution in [0, 0.1) is 18.3 Å². The SMILES string of the molecule is CNc1ccc(S(=O)(=O)Nc2cc(C#N)ccc2C)cn1. The maximum absolute atomic E-state index is 12.3. The summed E-state index contributed by atoms with van der Waals surface area (Å²) in [7, 11) is -2.04. The third kappa shape index (κ3) is 3.30. The summed E-state index contributed by atoms with van der Waals surface area (Å²) in [6.07, 6.45) is 1.28. The molecule has 7 heteroatoms. The summed E-state index contributed by atoms with van der Waals surface area (Å²) in [4.78, 5) is 4.04. The van der Waals surface area contributed by atoms with Crippen LogP contribution in [0.2, 0.25) is 0 Å². The number of benzene rings is 1. The van der Waals surface area contributed by atoms with Gasteiger partial charge in [-0.1, -0.05) is 6.07 Å². The normalized spacial score (nSPS) is 10.7. The Morgan fingerprint density at radius 2 is 2.00 bits per heavy atom. The fraction of sp³-hybridized carbons (Fsp3) is 0.143. The summed E-state index contributed by atoms with van der Waals surface area (Å²) in [5.74, 6) is 0.580. The monoisotopic (exact) mass is 302 g/mol. The van der Waals surface area contributed by atoms with E-state index in [1.165, 1.54) is 18.3 Å². The molecule has 0 bridgehead atoms. The molecular weight excluding hydrogens is 288 g/mol. The molecule has 2 N–H and O–H groups in total. The fourth-order valence-electron chi connectivity index (χ4n) is 1.69. The Morgan fingerprint density at radius 3 is 2.57 bits per heavy atom. The Hall–Kier alpha value is -2.59. The van der Waals surface area contributed by atoms with Crippen LogP contribution < -0.4 is 10.0 Å². The van der Waals surface area contributed by atoms with Gasteiger partial charge in [0.05, 0.1) is 17.3 Å². The van der Waals surface area contributed by atoms with Gasteiger partial charge < -0.3 is 5.32 Å². The third-order valence-electron chi connectivity index (χ3n) is 2.91. The second-order valence-corrected chi connectivity index (χ2v) is 6.06. The van der Waals surface area contributed by atoms with E-state index in [4.69, 9.17) is 5.26 Å². The largest absolute Gasteiger partial charge is 0.373 e. The number of hydrogen-bond donors (Lipinski definition) is 2. The van der Waals surface area contributed by atoms with Crippen LogP contribution in [0.25, 0.3) is 0 Å². The van der Waals surface area contributed by atoms with Gasteiger partial charge in [0.25, 0.3) is 10.0 Å². The van der Waals surface area contributed by atoms with E-state index in [9.17, 15) is 8.42 Å². The number of aryl methyl sites for hydroxylation is 1. The predicted molar refractivity (Wildman–Crippen MR) is 80.5 cm³/mol. The van der Waals surface area contributed by atoms with E-state index >= 15 is 0 Å². The van der Waals surface area contributed by atoms with Crippen molar-refractivity contribution in [2.45, 2.75) is 11.8 Å². The first-order valence-electron chi connectivity index (χ1n) is 6.13. The summed E-state index contributed by atoms with van der Waals surface area (Å²) in [5.41, 5.74) is 1.51. The molecule has 0 saturated carbocycles. The number of anilines is 2. The standard InChI is InChI=1S/C14H14N4O2S/c1-10-3-4-11(8-15)7-13(10)18-21(19,20)12-5-6-14(16-2)17-9-12/h3-7,9,18H,1-2H3,(H,16,17). The Kier molecular flexibility index (Phi) is 4.10. The average Bonchev–Trinajstić information content (AvgIpc) is 2.49. The van der Waals surface area contributed by atoms with Gasteiger partial charge in [-0.3, -0.25) is 4.72 Å². The van der Waals surface area contributed by atoms with Crippen molar-refractivity contribution in [2.75, 3.05) is 17.1 Å². The number of sulfonamides is 1. The van der Waals surface area contributed by atoms with Crippen molar-refractivity contribution in [1.82, 2.24) is 4.98 Å². The van der Waals surface area contributed by atoms with Crippen LogP contribution in [-0.4, -0.2) is 20.4 Å². The first kappa shape index (κ1) is 14.8. The van der Waals surface area contributed by atoms with Gasteiger partial charge in [-0.15, -0.1) is 0 Å². The summed E-state index contributed by atoms with van der Waals surface area (Å²) < 4.78 is 27.1. The van der Waals surface area contributed by atoms with Crippen LogP contribution in [0.15, 0.2) is 41.4 Å². The number of aromatic nitrogens is 1. The topological polar surface area (TPSA) is 94.9 Å². The quantitative estimate of drug-likeness (QED) is 0.902. The zero-order chi connectivity index (χ0) is 15.5. The highest BCUT2D eigenvalue weighted by atomic mass is 32.2. The highest BCUT2D eigenvalue weighted by molar-refractivity contribution is 7.92. The highest BCUT2D eigenvalue weighted by Crippen LogP contribution is 2.21. The smallest absolute Gasteiger partial charge is 0.263 e. The van der Waals surface area contributed by atoms with Gasteiger partial charge in [0.2, 0.25) is 0 Å². The number of hydrogen-bond acceptors (Lipinski definition) is 5. The molecule has 6 nitrogen and oxygen atoms in total. The molecule has 0 aliphatic carbocycles. The first-order valence-corrected chi connectivity index (χ1v) is 7.62. The second kappa shape index (κ2) is 5.81. The molecule has 108 valence electrons. The molecule has 0 atom stereocenters. The maximum Gasteiger partial charge on any atom is 0.263 e. The number of nitriles is 1. The molecule has 0 spiro atoms. The summed E-state index contributed by atoms with van der Waals surface area (Å²) in [5, 5.41) is 11.7. The van der Waals surface area contributed by atoms with Crippen molar-refractivity contribution in [3.05, 3.63) is 47.7 Å². The van der Waals surface area contributed by atoms with E-state index < -0.39 is 10.0 Å². The van der Waals surface area contributed by atoms with Crippen LogP contribution >= 0.6 is 0 Å². The third-order valence-corrected chi connectivity index (χ3v) is 4.26. The lowest BCUT2D eigenvalue weighted by atomic mass is 10.1. The molecule has 2 rings (SSSR count). The molecule has 1 heterocycles. The van der Waals surface area contributed by atoms with E-state index in [-0.39, 0.29) is 4.90 Å². The van der Waals surface area contributed by atoms with Crippen LogP contribution in [0.1, 0.15) is 11.1 Å². The molecule has 0 aliphatic rings. The Labute approximate surface area is 123 Å². The lowest BCUT2D eigenvalue weighted by Crippen LogP contribution is -2.14. The number of rotatable bonds is 4. The Balaban J connectivity index is 2.35. The van der Waals surface area contributed by atoms with Gasteiger partial charge >= 0.3 is 0 Å². The molecule has 0 fully saturated rings. The summed E-state index contributed by atoms with van der Waals surface area (Å²) >= 11 is 0. The average molecular weight is 302 g/mol. The lowest BCUT2D eigenvalue weighted by Gasteiger charge is -2.11. The van der Waals surface area contributed by atoms with Crippen molar-refractivity contribution >= 4 is 21.5 Å². The minimum absolute atomic E-state index is 0.0586. The van der Waals surface area contributed by atoms with E-state index in [0.29, 0.717) is 17.1 Å². The van der Waals surface area contributed by atoms with Crippen molar-refractivity contribution in [3.8, 4) is 6.07 Å². The summed E-state index contributed by atoms with van der Waals surface area (Å²) in [6.45, 7) is 1.77. The lowest BCUT2D eigenvalue weighted by molar-refractivity contribution is 0.601. The molecule has 1 aromatic heterocycles. The zero-order valence-electron chi connectivity index (χ0n) is 11.6. The van der Waals surface area contributed by atoms with Crippen molar-refractivity contribution < 1.29 is 8.42 Å². The molecule has 1 aromatic carbocycles. The van der Waals surface area contributed by atoms with Crippen LogP contribution in [0.5, 0.6) is 0 Å². The number of nitrogens with one attached hydrogen (secondary N) is 2. The van der Waals surface area contributed by atoms with Crippen molar-refractivity contribution in [1.29, 1.82) is 5.26 Å². The molecule has 2 aromatic rings. The van der Waals surface area contributed by atoms with Gasteiger partial charge in [0.15, 0.2) is 0 Å². The van der Waals surface area contributed by atoms with E-state index in [2.05, 4.69) is 15.0 Å². The van der Waals surface area contributed by atoms with Crippen molar-refractivity contribution in [3.63, 3.8) is 0 Å². The van der Waals surface area contributed by atoms with Gasteiger partial charge in [0.1, 0.15) is 10.7 Å². The van der Waals surface area contributed by atoms with Crippen LogP contribution in [0.3, 0.4) is 0 Å². The zero-order valence-corrected chi connectivity index (χ0v) is 12.4. The molecule has 0 unspecified atom stereocenters. The first-order chi connectivity index (χ1) is 9.96. The predicted octanol–water partition coefficient (Wildman–Crippen LogP) is 2.10. The minimum atomic E-state index is -3.74. The molecule has 0 radical (unpaired) electrons. The van der Waals surface area contributed by atoms with E-state index in [0.717, 1.165) is 5.56 Å². The van der Waals surface area contributed by atoms with E-state index in [1.54, 1.807) is 32.2 Å². The maximum atomic E-state index is 12.3. The molecule has 0 amide bonds. The summed E-state index contributed by atoms with van der Waals surface area (Å²) in [6, 6.07) is 9.85. The molecule has 21 heavy (non-hydrogen) atoms. The van der Waals surface area contributed by atoms with Gasteiger partial charge in [0, 0.05) is 13.2 Å². The highest BCUT2D eigenvalue weighted by Gasteiger charge is 2.16. The Bertz CT molecular complexity index is 793. The second-order valence-electron chi connectivity index (χ2n) is 4.38. The van der Waals surface area contributed by atoms with Crippen molar-refractivity contribution in [2.24, 2.45) is 0 Å². The molecular formula is C14H14N4O2S.